The van der Waals surface area contributed by atoms with Gasteiger partial charge < -0.3 is 10.1 Å². The van der Waals surface area contributed by atoms with E-state index in [4.69, 9.17) is 16.3 Å². The van der Waals surface area contributed by atoms with Gasteiger partial charge in [-0.25, -0.2) is 14.6 Å². The molecule has 1 aliphatic heterocycles. The van der Waals surface area contributed by atoms with Gasteiger partial charge in [-0.05, 0) is 88.6 Å². The molecule has 4 heterocycles. The lowest BCUT2D eigenvalue weighted by Crippen LogP contribution is -2.39. The third kappa shape index (κ3) is 8.86. The standard InChI is InChI=1S/C32H46ClN7O2S/c1-21(2)25(22(3)4)20-42-28-16-19-40(37-28)27-14-13-24(30(33)36-27)31(41)38-43-29-12-8-11-26(35-29)34-18-9-10-23-15-17-32(5,6)39(23)7/h8,11-14,16,19,21-23,25H,9-10,15,17-18,20H2,1-7H3,(H,34,35)(H,38,41). The summed E-state index contributed by atoms with van der Waals surface area (Å²) in [6.45, 7) is 14.9. The van der Waals surface area contributed by atoms with Gasteiger partial charge in [-0.15, -0.1) is 5.10 Å². The summed E-state index contributed by atoms with van der Waals surface area (Å²) in [5.74, 6) is 2.93. The number of halogens is 1. The van der Waals surface area contributed by atoms with E-state index >= 15 is 0 Å². The maximum atomic E-state index is 12.9. The molecule has 43 heavy (non-hydrogen) atoms. The molecule has 0 bridgehead atoms. The Bertz CT molecular complexity index is 1350. The van der Waals surface area contributed by atoms with Gasteiger partial charge in [-0.1, -0.05) is 45.4 Å². The summed E-state index contributed by atoms with van der Waals surface area (Å²) >= 11 is 7.56. The molecule has 0 radical (unpaired) electrons. The van der Waals surface area contributed by atoms with Gasteiger partial charge in [-0.3, -0.25) is 14.4 Å². The number of nitrogens with one attached hydrogen (secondary N) is 2. The topological polar surface area (TPSA) is 97.2 Å². The van der Waals surface area contributed by atoms with Crippen molar-refractivity contribution in [2.45, 2.75) is 83.8 Å². The SMILES string of the molecule is CC(C)C(COc1ccn(-c2ccc(C(=O)NSc3cccc(NCCCC4CCC(C)(C)N4C)n3)c(Cl)n2)n1)C(C)C. The zero-order valence-corrected chi connectivity index (χ0v) is 28.0. The van der Waals surface area contributed by atoms with Crippen molar-refractivity contribution in [1.82, 2.24) is 29.4 Å². The van der Waals surface area contributed by atoms with Gasteiger partial charge >= 0.3 is 0 Å². The Labute approximate surface area is 265 Å². The van der Waals surface area contributed by atoms with Crippen molar-refractivity contribution >= 4 is 35.3 Å². The van der Waals surface area contributed by atoms with E-state index in [-0.39, 0.29) is 16.6 Å². The van der Waals surface area contributed by atoms with Crippen LogP contribution in [-0.4, -0.2) is 62.3 Å². The number of ether oxygens (including phenoxy) is 1. The molecule has 0 aliphatic carbocycles. The van der Waals surface area contributed by atoms with Gasteiger partial charge in [0.25, 0.3) is 5.91 Å². The van der Waals surface area contributed by atoms with E-state index in [2.05, 4.69) is 78.6 Å². The molecule has 3 aromatic rings. The van der Waals surface area contributed by atoms with E-state index in [0.29, 0.717) is 52.7 Å². The van der Waals surface area contributed by atoms with Crippen LogP contribution in [0.3, 0.4) is 0 Å². The third-order valence-electron chi connectivity index (χ3n) is 8.60. The highest BCUT2D eigenvalue weighted by atomic mass is 35.5. The molecule has 1 unspecified atom stereocenters. The molecule has 1 atom stereocenters. The second-order valence-corrected chi connectivity index (χ2v) is 13.8. The average molecular weight is 628 g/mol. The first-order valence-electron chi connectivity index (χ1n) is 15.2. The Morgan fingerprint density at radius 2 is 1.91 bits per heavy atom. The Kier molecular flexibility index (Phi) is 11.4. The fourth-order valence-corrected chi connectivity index (χ4v) is 6.40. The number of aromatic nitrogens is 4. The van der Waals surface area contributed by atoms with Crippen LogP contribution in [0, 0.1) is 17.8 Å². The van der Waals surface area contributed by atoms with Crippen LogP contribution in [0.4, 0.5) is 5.82 Å². The van der Waals surface area contributed by atoms with Crippen LogP contribution in [0.15, 0.2) is 47.6 Å². The van der Waals surface area contributed by atoms with Crippen molar-refractivity contribution in [2.24, 2.45) is 17.8 Å². The lowest BCUT2D eigenvalue weighted by Gasteiger charge is -2.32. The Balaban J connectivity index is 1.26. The van der Waals surface area contributed by atoms with Gasteiger partial charge in [0.05, 0.1) is 12.2 Å². The molecule has 1 aliphatic rings. The number of amides is 1. The molecule has 0 saturated carbocycles. The molecule has 1 amide bonds. The molecule has 4 rings (SSSR count). The van der Waals surface area contributed by atoms with Gasteiger partial charge in [0.15, 0.2) is 5.82 Å². The second kappa shape index (κ2) is 14.8. The van der Waals surface area contributed by atoms with Crippen molar-refractivity contribution < 1.29 is 9.53 Å². The molecule has 0 aromatic carbocycles. The van der Waals surface area contributed by atoms with Gasteiger partial charge in [0.2, 0.25) is 5.88 Å². The first-order chi connectivity index (χ1) is 20.4. The van der Waals surface area contributed by atoms with E-state index in [1.807, 2.05) is 18.2 Å². The van der Waals surface area contributed by atoms with E-state index in [9.17, 15) is 4.79 Å². The van der Waals surface area contributed by atoms with Crippen molar-refractivity contribution in [1.29, 1.82) is 0 Å². The quantitative estimate of drug-likeness (QED) is 0.111. The number of carbonyl (C=O) groups is 1. The molecular formula is C32H46ClN7O2S. The zero-order valence-electron chi connectivity index (χ0n) is 26.4. The lowest BCUT2D eigenvalue weighted by molar-refractivity contribution is 0.0984. The van der Waals surface area contributed by atoms with E-state index in [0.717, 1.165) is 37.2 Å². The number of hydrogen-bond acceptors (Lipinski definition) is 8. The van der Waals surface area contributed by atoms with E-state index in [1.165, 1.54) is 12.8 Å². The van der Waals surface area contributed by atoms with Crippen LogP contribution < -0.4 is 14.8 Å². The number of hydrogen-bond donors (Lipinski definition) is 2. The molecule has 234 valence electrons. The van der Waals surface area contributed by atoms with Crippen LogP contribution in [0.5, 0.6) is 5.88 Å². The van der Waals surface area contributed by atoms with Crippen LogP contribution in [-0.2, 0) is 0 Å². The monoisotopic (exact) mass is 627 g/mol. The average Bonchev–Trinajstić information content (AvgIpc) is 3.53. The molecule has 11 heteroatoms. The number of nitrogens with zero attached hydrogens (tertiary/aromatic N) is 5. The molecule has 1 saturated heterocycles. The van der Waals surface area contributed by atoms with Crippen LogP contribution >= 0.6 is 23.5 Å². The fraction of sp³-hybridized carbons (Fsp3) is 0.562. The van der Waals surface area contributed by atoms with Crippen molar-refractivity contribution in [2.75, 3.05) is 25.5 Å². The molecule has 3 aromatic heterocycles. The molecule has 9 nitrogen and oxygen atoms in total. The van der Waals surface area contributed by atoms with Crippen molar-refractivity contribution in [3.63, 3.8) is 0 Å². The van der Waals surface area contributed by atoms with Gasteiger partial charge in [-0.2, -0.15) is 0 Å². The summed E-state index contributed by atoms with van der Waals surface area (Å²) in [6, 6.07) is 11.5. The first kappa shape index (κ1) is 33.1. The molecule has 1 fully saturated rings. The van der Waals surface area contributed by atoms with Gasteiger partial charge in [0.1, 0.15) is 16.0 Å². The summed E-state index contributed by atoms with van der Waals surface area (Å²) in [4.78, 5) is 24.4. The van der Waals surface area contributed by atoms with E-state index < -0.39 is 0 Å². The van der Waals surface area contributed by atoms with Gasteiger partial charge in [0, 0.05) is 42.3 Å². The van der Waals surface area contributed by atoms with Crippen molar-refractivity contribution in [3.05, 3.63) is 53.3 Å². The predicted octanol–water partition coefficient (Wildman–Crippen LogP) is 7.12. The maximum Gasteiger partial charge on any atom is 0.264 e. The zero-order chi connectivity index (χ0) is 31.1. The lowest BCUT2D eigenvalue weighted by atomic mass is 9.86. The Morgan fingerprint density at radius 3 is 2.58 bits per heavy atom. The molecular weight excluding hydrogens is 582 g/mol. The minimum absolute atomic E-state index is 0.0907. The maximum absolute atomic E-state index is 12.9. The number of likely N-dealkylation sites (tertiary alicyclic amines) is 1. The smallest absolute Gasteiger partial charge is 0.264 e. The van der Waals surface area contributed by atoms with Crippen LogP contribution in [0.25, 0.3) is 5.82 Å². The number of anilines is 1. The normalized spacial score (nSPS) is 16.8. The first-order valence-corrected chi connectivity index (χ1v) is 16.4. The number of pyridine rings is 2. The van der Waals surface area contributed by atoms with E-state index in [1.54, 1.807) is 29.1 Å². The third-order valence-corrected chi connectivity index (χ3v) is 9.61. The summed E-state index contributed by atoms with van der Waals surface area (Å²) in [6.07, 6.45) is 6.51. The van der Waals surface area contributed by atoms with Crippen LogP contribution in [0.1, 0.15) is 77.6 Å². The second-order valence-electron chi connectivity index (χ2n) is 12.6. The highest BCUT2D eigenvalue weighted by Crippen LogP contribution is 2.33. The Hall–Kier alpha value is -2.82. The molecule has 2 N–H and O–H groups in total. The minimum atomic E-state index is -0.351. The Morgan fingerprint density at radius 1 is 1.14 bits per heavy atom. The molecule has 0 spiro atoms. The predicted molar refractivity (Wildman–Crippen MR) is 175 cm³/mol. The number of carbonyl (C=O) groups excluding carboxylic acids is 1. The summed E-state index contributed by atoms with van der Waals surface area (Å²) in [7, 11) is 2.24. The summed E-state index contributed by atoms with van der Waals surface area (Å²) in [5.41, 5.74) is 0.564. The highest BCUT2D eigenvalue weighted by molar-refractivity contribution is 7.97. The minimum Gasteiger partial charge on any atom is -0.476 e. The van der Waals surface area contributed by atoms with Crippen molar-refractivity contribution in [3.8, 4) is 11.7 Å². The number of rotatable bonds is 14. The van der Waals surface area contributed by atoms with Crippen LogP contribution in [0.2, 0.25) is 5.15 Å². The summed E-state index contributed by atoms with van der Waals surface area (Å²) < 4.78 is 10.4. The highest BCUT2D eigenvalue weighted by Gasteiger charge is 2.35. The summed E-state index contributed by atoms with van der Waals surface area (Å²) in [5, 5.41) is 8.66. The largest absolute Gasteiger partial charge is 0.476 e. The fourth-order valence-electron chi connectivity index (χ4n) is 5.57.